The summed E-state index contributed by atoms with van der Waals surface area (Å²) in [5.74, 6) is 0.616. The molecule has 0 spiro atoms. The Hall–Kier alpha value is -0.550. The van der Waals surface area contributed by atoms with Crippen molar-refractivity contribution in [1.82, 2.24) is 9.78 Å². The highest BCUT2D eigenvalue weighted by Gasteiger charge is 2.26. The van der Waals surface area contributed by atoms with Crippen molar-refractivity contribution in [1.29, 1.82) is 0 Å². The van der Waals surface area contributed by atoms with Crippen molar-refractivity contribution in [3.8, 4) is 0 Å². The third kappa shape index (κ3) is 1.54. The molecule has 0 atom stereocenters. The highest BCUT2D eigenvalue weighted by atomic mass is 35.5. The monoisotopic (exact) mass is 234 g/mol. The molecule has 0 saturated carbocycles. The minimum Gasteiger partial charge on any atom is -0.271 e. The number of aromatic nitrogens is 2. The highest BCUT2D eigenvalue weighted by Crippen LogP contribution is 2.24. The first-order chi connectivity index (χ1) is 6.53. The Labute approximate surface area is 87.8 Å². The number of fused-ring (bicyclic) bond motifs is 1. The molecule has 0 saturated heterocycles. The molecule has 0 radical (unpaired) electrons. The van der Waals surface area contributed by atoms with E-state index in [4.69, 9.17) is 11.6 Å². The molecule has 1 aliphatic heterocycles. The summed E-state index contributed by atoms with van der Waals surface area (Å²) in [7, 11) is -1.13. The van der Waals surface area contributed by atoms with Crippen LogP contribution >= 0.6 is 11.6 Å². The van der Waals surface area contributed by atoms with Gasteiger partial charge in [-0.1, -0.05) is 0 Å². The third-order valence-electron chi connectivity index (χ3n) is 2.50. The number of hydrogen-bond donors (Lipinski definition) is 0. The molecule has 1 aromatic heterocycles. The predicted octanol–water partition coefficient (Wildman–Crippen LogP) is 0.630. The summed E-state index contributed by atoms with van der Waals surface area (Å²) >= 11 is 5.75. The van der Waals surface area contributed by atoms with Crippen molar-refractivity contribution < 1.29 is 8.42 Å². The summed E-state index contributed by atoms with van der Waals surface area (Å²) < 4.78 is 24.5. The van der Waals surface area contributed by atoms with Crippen LogP contribution in [0, 0.1) is 0 Å². The van der Waals surface area contributed by atoms with Gasteiger partial charge in [-0.15, -0.1) is 11.6 Å². The molecule has 0 fully saturated rings. The summed E-state index contributed by atoms with van der Waals surface area (Å²) in [5, 5.41) is 4.26. The van der Waals surface area contributed by atoms with Crippen LogP contribution in [0.25, 0.3) is 0 Å². The van der Waals surface area contributed by atoms with Crippen LogP contribution in [0.2, 0.25) is 0 Å². The molecule has 0 amide bonds. The average Bonchev–Trinajstić information content (AvgIpc) is 2.39. The zero-order valence-electron chi connectivity index (χ0n) is 7.83. The van der Waals surface area contributed by atoms with Crippen LogP contribution in [-0.2, 0) is 34.9 Å². The fourth-order valence-electron chi connectivity index (χ4n) is 1.74. The maximum atomic E-state index is 11.4. The van der Waals surface area contributed by atoms with Gasteiger partial charge in [0.05, 0.1) is 28.8 Å². The third-order valence-corrected chi connectivity index (χ3v) is 4.31. The molecule has 78 valence electrons. The Balaban J connectivity index is 2.54. The summed E-state index contributed by atoms with van der Waals surface area (Å²) in [6.45, 7) is 0. The van der Waals surface area contributed by atoms with Crippen LogP contribution in [0.5, 0.6) is 0 Å². The van der Waals surface area contributed by atoms with E-state index in [2.05, 4.69) is 5.10 Å². The quantitative estimate of drug-likeness (QED) is 0.670. The van der Waals surface area contributed by atoms with Crippen molar-refractivity contribution in [3.63, 3.8) is 0 Å². The van der Waals surface area contributed by atoms with Crippen LogP contribution in [-0.4, -0.2) is 24.0 Å². The Bertz CT molecular complexity index is 464. The molecule has 0 unspecified atom stereocenters. The first-order valence-corrected chi connectivity index (χ1v) is 6.69. The summed E-state index contributed by atoms with van der Waals surface area (Å²) in [6.07, 6.45) is 0.516. The van der Waals surface area contributed by atoms with E-state index in [1.54, 1.807) is 11.7 Å². The normalized spacial score (nSPS) is 19.3. The van der Waals surface area contributed by atoms with E-state index in [1.807, 2.05) is 0 Å². The molecule has 1 aliphatic rings. The van der Waals surface area contributed by atoms with Gasteiger partial charge in [-0.25, -0.2) is 8.42 Å². The summed E-state index contributed by atoms with van der Waals surface area (Å²) in [4.78, 5) is 0. The van der Waals surface area contributed by atoms with Crippen LogP contribution < -0.4 is 0 Å². The van der Waals surface area contributed by atoms with Crippen LogP contribution in [0.15, 0.2) is 0 Å². The lowest BCUT2D eigenvalue weighted by Gasteiger charge is -2.11. The molecule has 2 rings (SSSR count). The molecular formula is C8H11ClN2O2S. The fourth-order valence-corrected chi connectivity index (χ4v) is 3.50. The van der Waals surface area contributed by atoms with E-state index >= 15 is 0 Å². The van der Waals surface area contributed by atoms with E-state index in [9.17, 15) is 8.42 Å². The predicted molar refractivity (Wildman–Crippen MR) is 54.0 cm³/mol. The maximum absolute atomic E-state index is 11.4. The van der Waals surface area contributed by atoms with E-state index in [0.29, 0.717) is 12.3 Å². The Morgan fingerprint density at radius 2 is 2.29 bits per heavy atom. The van der Waals surface area contributed by atoms with Gasteiger partial charge in [0, 0.05) is 19.0 Å². The lowest BCUT2D eigenvalue weighted by Crippen LogP contribution is -2.18. The van der Waals surface area contributed by atoms with Crippen molar-refractivity contribution >= 4 is 21.4 Å². The molecule has 0 N–H and O–H groups in total. The van der Waals surface area contributed by atoms with Gasteiger partial charge in [-0.3, -0.25) is 4.68 Å². The van der Waals surface area contributed by atoms with E-state index in [-0.39, 0.29) is 11.5 Å². The van der Waals surface area contributed by atoms with E-state index < -0.39 is 9.84 Å². The highest BCUT2D eigenvalue weighted by molar-refractivity contribution is 7.90. The number of rotatable bonds is 1. The number of sulfone groups is 1. The first-order valence-electron chi connectivity index (χ1n) is 4.33. The van der Waals surface area contributed by atoms with Crippen LogP contribution in [0.3, 0.4) is 0 Å². The van der Waals surface area contributed by atoms with Gasteiger partial charge in [0.1, 0.15) is 0 Å². The minimum atomic E-state index is -2.93. The van der Waals surface area contributed by atoms with Crippen molar-refractivity contribution in [3.05, 3.63) is 17.0 Å². The van der Waals surface area contributed by atoms with Gasteiger partial charge >= 0.3 is 0 Å². The first kappa shape index (κ1) is 9.98. The molecule has 1 aromatic rings. The average molecular weight is 235 g/mol. The zero-order valence-corrected chi connectivity index (χ0v) is 9.40. The Kier molecular flexibility index (Phi) is 2.31. The van der Waals surface area contributed by atoms with Gasteiger partial charge in [0.25, 0.3) is 0 Å². The lowest BCUT2D eigenvalue weighted by atomic mass is 10.2. The number of hydrogen-bond acceptors (Lipinski definition) is 3. The summed E-state index contributed by atoms with van der Waals surface area (Å²) in [5.41, 5.74) is 2.52. The number of alkyl halides is 1. The molecule has 2 heterocycles. The zero-order chi connectivity index (χ0) is 10.3. The molecular weight excluding hydrogens is 224 g/mol. The largest absolute Gasteiger partial charge is 0.271 e. The molecule has 0 bridgehead atoms. The maximum Gasteiger partial charge on any atom is 0.154 e. The van der Waals surface area contributed by atoms with Gasteiger partial charge in [-0.05, 0) is 0 Å². The second kappa shape index (κ2) is 3.24. The van der Waals surface area contributed by atoms with Gasteiger partial charge in [0.15, 0.2) is 9.84 Å². The van der Waals surface area contributed by atoms with Crippen molar-refractivity contribution in [2.45, 2.75) is 18.1 Å². The van der Waals surface area contributed by atoms with Gasteiger partial charge < -0.3 is 0 Å². The van der Waals surface area contributed by atoms with E-state index in [1.165, 1.54) is 0 Å². The molecule has 4 nitrogen and oxygen atoms in total. The SMILES string of the molecule is Cn1nc2c(c1CCl)CS(=O)(=O)CC2. The van der Waals surface area contributed by atoms with Crippen molar-refractivity contribution in [2.75, 3.05) is 5.75 Å². The smallest absolute Gasteiger partial charge is 0.154 e. The Morgan fingerprint density at radius 1 is 1.57 bits per heavy atom. The standard InChI is InChI=1S/C8H11ClN2O2S/c1-11-8(4-9)6-5-14(12,13)3-2-7(6)10-11/h2-5H2,1H3. The van der Waals surface area contributed by atoms with E-state index in [0.717, 1.165) is 17.0 Å². The van der Waals surface area contributed by atoms with Gasteiger partial charge in [-0.2, -0.15) is 5.10 Å². The molecule has 0 aliphatic carbocycles. The summed E-state index contributed by atoms with van der Waals surface area (Å²) in [6, 6.07) is 0. The molecule has 0 aromatic carbocycles. The lowest BCUT2D eigenvalue weighted by molar-refractivity contribution is 0.591. The number of aryl methyl sites for hydroxylation is 2. The second-order valence-corrected chi connectivity index (χ2v) is 5.92. The second-order valence-electron chi connectivity index (χ2n) is 3.47. The minimum absolute atomic E-state index is 0.0955. The van der Waals surface area contributed by atoms with Gasteiger partial charge in [0.2, 0.25) is 0 Å². The fraction of sp³-hybridized carbons (Fsp3) is 0.625. The number of halogens is 1. The van der Waals surface area contributed by atoms with Crippen LogP contribution in [0.4, 0.5) is 0 Å². The van der Waals surface area contributed by atoms with Crippen LogP contribution in [0.1, 0.15) is 17.0 Å². The Morgan fingerprint density at radius 3 is 2.93 bits per heavy atom. The molecule has 6 heteroatoms. The van der Waals surface area contributed by atoms with Crippen molar-refractivity contribution in [2.24, 2.45) is 7.05 Å². The number of nitrogens with zero attached hydrogens (tertiary/aromatic N) is 2. The molecule has 14 heavy (non-hydrogen) atoms. The topological polar surface area (TPSA) is 52.0 Å².